The van der Waals surface area contributed by atoms with Crippen LogP contribution in [0.4, 0.5) is 5.69 Å². The van der Waals surface area contributed by atoms with E-state index in [-0.39, 0.29) is 42.5 Å². The van der Waals surface area contributed by atoms with Gasteiger partial charge in [0.05, 0.1) is 30.0 Å². The van der Waals surface area contributed by atoms with Crippen molar-refractivity contribution >= 4 is 40.6 Å². The number of carbonyl (C=O) groups is 4. The molecule has 1 aliphatic carbocycles. The predicted molar refractivity (Wildman–Crippen MR) is 234 cm³/mol. The predicted octanol–water partition coefficient (Wildman–Crippen LogP) is 6.44. The fourth-order valence-corrected chi connectivity index (χ4v) is 8.60. The molecule has 3 N–H and O–H groups in total. The number of fused-ring (bicyclic) bond motifs is 1. The van der Waals surface area contributed by atoms with E-state index in [4.69, 9.17) is 14.2 Å². The van der Waals surface area contributed by atoms with Crippen molar-refractivity contribution in [1.29, 1.82) is 0 Å². The molecule has 0 radical (unpaired) electrons. The number of hydrogen-bond donors (Lipinski definition) is 3. The average molecular weight is 880 g/mol. The minimum absolute atomic E-state index is 0.0102. The normalized spacial score (nSPS) is 17.2. The molecular weight excluding hydrogens is 825 g/mol. The van der Waals surface area contributed by atoms with Gasteiger partial charge in [-0.15, -0.1) is 0 Å². The molecule has 7 rings (SSSR count). The number of anilines is 1. The number of ether oxygens (including phenoxy) is 3. The second-order valence-corrected chi connectivity index (χ2v) is 17.0. The molecule has 4 aromatic rings. The lowest BCUT2D eigenvalue weighted by atomic mass is 9.60. The van der Waals surface area contributed by atoms with Crippen LogP contribution in [0.25, 0.3) is 0 Å². The van der Waals surface area contributed by atoms with Crippen LogP contribution in [0.1, 0.15) is 127 Å². The maximum absolute atomic E-state index is 13.0. The number of nitrogens with one attached hydrogen (secondary N) is 3. The zero-order chi connectivity index (χ0) is 44.0. The van der Waals surface area contributed by atoms with Gasteiger partial charge in [0.1, 0.15) is 30.0 Å². The lowest BCUT2D eigenvalue weighted by Crippen LogP contribution is -2.54. The fraction of sp³-hybridized carbons (Fsp3) is 0.447. The summed E-state index contributed by atoms with van der Waals surface area (Å²) in [5, 5.41) is 5.53. The van der Waals surface area contributed by atoms with Gasteiger partial charge in [-0.3, -0.25) is 33.6 Å². The Hall–Kier alpha value is -5.55. The van der Waals surface area contributed by atoms with Crippen LogP contribution in [-0.2, 0) is 44.2 Å². The number of amides is 4. The summed E-state index contributed by atoms with van der Waals surface area (Å²) in [6.07, 6.45) is 13.6. The summed E-state index contributed by atoms with van der Waals surface area (Å²) in [7, 11) is 0. The van der Waals surface area contributed by atoms with Crippen LogP contribution in [0, 0.1) is 0 Å². The van der Waals surface area contributed by atoms with Gasteiger partial charge in [-0.1, -0.05) is 56.4 Å². The van der Waals surface area contributed by atoms with Gasteiger partial charge in [0.25, 0.3) is 11.8 Å². The molecule has 1 saturated heterocycles. The van der Waals surface area contributed by atoms with E-state index in [0.29, 0.717) is 31.3 Å². The molecule has 2 aliphatic heterocycles. The molecule has 2 fully saturated rings. The number of aromatic nitrogens is 2. The van der Waals surface area contributed by atoms with Crippen LogP contribution in [-0.4, -0.2) is 79.7 Å². The summed E-state index contributed by atoms with van der Waals surface area (Å²) in [5.41, 5.74) is 4.49. The van der Waals surface area contributed by atoms with Crippen molar-refractivity contribution in [2.45, 2.75) is 108 Å². The highest BCUT2D eigenvalue weighted by Gasteiger charge is 2.45. The Morgan fingerprint density at radius 2 is 1.43 bits per heavy atom. The highest BCUT2D eigenvalue weighted by molar-refractivity contribution is 7.77. The highest BCUT2D eigenvalue weighted by Crippen LogP contribution is 2.49. The van der Waals surface area contributed by atoms with Crippen LogP contribution in [0.2, 0.25) is 0 Å². The summed E-state index contributed by atoms with van der Waals surface area (Å²) in [6.45, 7) is 3.11. The molecular formula is C47H55N6O9S-. The van der Waals surface area contributed by atoms with Crippen molar-refractivity contribution in [3.8, 4) is 11.5 Å². The molecule has 3 aromatic carbocycles. The third-order valence-corrected chi connectivity index (χ3v) is 12.3. The number of imide groups is 2. The Bertz CT molecular complexity index is 2240. The summed E-state index contributed by atoms with van der Waals surface area (Å²) in [5.74, 6) is -0.0157. The molecule has 2 unspecified atom stereocenters. The largest absolute Gasteiger partial charge is 0.760 e. The van der Waals surface area contributed by atoms with E-state index in [2.05, 4.69) is 61.7 Å². The first-order valence-electron chi connectivity index (χ1n) is 22.0. The van der Waals surface area contributed by atoms with Gasteiger partial charge in [0, 0.05) is 54.7 Å². The van der Waals surface area contributed by atoms with Crippen molar-refractivity contribution in [3.63, 3.8) is 0 Å². The average Bonchev–Trinajstić information content (AvgIpc) is 3.51. The van der Waals surface area contributed by atoms with Crippen LogP contribution < -0.4 is 24.8 Å². The minimum Gasteiger partial charge on any atom is -0.760 e. The van der Waals surface area contributed by atoms with Crippen LogP contribution in [0.15, 0.2) is 79.0 Å². The molecule has 1 aromatic heterocycles. The number of nitrogens with zero attached hydrogens (tertiary/aromatic N) is 3. The molecule has 2 atom stereocenters. The van der Waals surface area contributed by atoms with E-state index in [1.165, 1.54) is 30.4 Å². The molecule has 15 nitrogen and oxygen atoms in total. The molecule has 16 heteroatoms. The number of benzene rings is 3. The first kappa shape index (κ1) is 45.5. The number of hydrogen-bond acceptors (Lipinski definition) is 12. The Balaban J connectivity index is 0.707. The maximum atomic E-state index is 13.0. The minimum atomic E-state index is -2.37. The Labute approximate surface area is 370 Å². The van der Waals surface area contributed by atoms with Crippen LogP contribution in [0.3, 0.4) is 0 Å². The third-order valence-electron chi connectivity index (χ3n) is 12.0. The van der Waals surface area contributed by atoms with Crippen molar-refractivity contribution in [1.82, 2.24) is 24.9 Å². The number of rotatable bonds is 25. The molecule has 1 saturated carbocycles. The van der Waals surface area contributed by atoms with Gasteiger partial charge in [-0.05, 0) is 105 Å². The second-order valence-electron chi connectivity index (χ2n) is 16.2. The van der Waals surface area contributed by atoms with E-state index in [9.17, 15) is 27.9 Å². The van der Waals surface area contributed by atoms with Gasteiger partial charge < -0.3 is 24.1 Å². The van der Waals surface area contributed by atoms with Gasteiger partial charge in [-0.2, -0.15) is 0 Å². The first-order valence-corrected chi connectivity index (χ1v) is 23.1. The summed E-state index contributed by atoms with van der Waals surface area (Å²) in [4.78, 5) is 59.2. The topological polar surface area (TPSA) is 201 Å². The maximum Gasteiger partial charge on any atom is 0.262 e. The molecule has 0 bridgehead atoms. The lowest BCUT2D eigenvalue weighted by molar-refractivity contribution is -0.136. The SMILES string of the molecule is O=C1CCC(N2C(=O)c3ccc(NCCCCOCCCCCCCCOc4ccc(C5(c6ccc(OCc7ccnc(CNS(=O)[O-])n7)cc6)CCC5)cc4)cc3C2=O)C(=O)N1. The first-order chi connectivity index (χ1) is 30.7. The zero-order valence-corrected chi connectivity index (χ0v) is 36.3. The van der Waals surface area contributed by atoms with Crippen molar-refractivity contribution < 1.29 is 42.2 Å². The molecule has 4 amide bonds. The van der Waals surface area contributed by atoms with Crippen molar-refractivity contribution in [3.05, 3.63) is 113 Å². The van der Waals surface area contributed by atoms with Gasteiger partial charge >= 0.3 is 0 Å². The van der Waals surface area contributed by atoms with Gasteiger partial charge in [0.15, 0.2) is 0 Å². The smallest absolute Gasteiger partial charge is 0.262 e. The standard InChI is InChI=1S/C47H56N6O9S/c54-43-21-20-41(44(55)52-43)53-45(56)39-19-14-35(30-40(39)46(53)57)48-25-5-8-28-60-27-6-3-1-2-4-7-29-61-37-15-10-33(11-16-37)47(23-9-24-47)34-12-17-38(18-13-34)62-32-36-22-26-49-42(51-36)31-50-63(58)59/h10-19,22,26,30,41,48,50H,1-9,20-21,23-25,27-29,31-32H2,(H,58,59)(H,52,54,55)/p-1. The molecule has 63 heavy (non-hydrogen) atoms. The quantitative estimate of drug-likeness (QED) is 0.0375. The van der Waals surface area contributed by atoms with E-state index in [1.54, 1.807) is 30.5 Å². The summed E-state index contributed by atoms with van der Waals surface area (Å²) < 4.78 is 41.7. The molecule has 334 valence electrons. The van der Waals surface area contributed by atoms with E-state index < -0.39 is 40.9 Å². The van der Waals surface area contributed by atoms with Gasteiger partial charge in [0.2, 0.25) is 11.8 Å². The van der Waals surface area contributed by atoms with Crippen LogP contribution >= 0.6 is 0 Å². The lowest BCUT2D eigenvalue weighted by Gasteiger charge is -2.43. The van der Waals surface area contributed by atoms with E-state index >= 15 is 0 Å². The van der Waals surface area contributed by atoms with Crippen LogP contribution in [0.5, 0.6) is 11.5 Å². The van der Waals surface area contributed by atoms with Gasteiger partial charge in [-0.25, -0.2) is 14.7 Å². The second kappa shape index (κ2) is 22.2. The fourth-order valence-electron chi connectivity index (χ4n) is 8.35. The summed E-state index contributed by atoms with van der Waals surface area (Å²) in [6, 6.07) is 22.7. The monoisotopic (exact) mass is 879 g/mol. The van der Waals surface area contributed by atoms with Crippen molar-refractivity contribution in [2.75, 3.05) is 31.7 Å². The third kappa shape index (κ3) is 11.9. The van der Waals surface area contributed by atoms with Crippen molar-refractivity contribution in [2.24, 2.45) is 0 Å². The number of carbonyl (C=O) groups excluding carboxylic acids is 4. The molecule has 3 aliphatic rings. The zero-order valence-electron chi connectivity index (χ0n) is 35.4. The molecule has 0 spiro atoms. The summed E-state index contributed by atoms with van der Waals surface area (Å²) >= 11 is -2.37. The number of unbranched alkanes of at least 4 members (excludes halogenated alkanes) is 6. The van der Waals surface area contributed by atoms with E-state index in [0.717, 1.165) is 80.1 Å². The Morgan fingerprint density at radius 3 is 2.10 bits per heavy atom. The Morgan fingerprint density at radius 1 is 0.778 bits per heavy atom. The van der Waals surface area contributed by atoms with E-state index in [1.807, 2.05) is 12.1 Å². The highest BCUT2D eigenvalue weighted by atomic mass is 32.2. The molecule has 3 heterocycles. The Kier molecular flexibility index (Phi) is 16.0. The number of piperidine rings is 1.